The number of ether oxygens (including phenoxy) is 2. The van der Waals surface area contributed by atoms with Gasteiger partial charge in [0.25, 0.3) is 0 Å². The van der Waals surface area contributed by atoms with Crippen molar-refractivity contribution in [1.29, 1.82) is 0 Å². The van der Waals surface area contributed by atoms with Gasteiger partial charge in [0.15, 0.2) is 17.3 Å². The fraction of sp³-hybridized carbons (Fsp3) is 0.435. The van der Waals surface area contributed by atoms with Crippen LogP contribution in [0.2, 0.25) is 0 Å². The Kier molecular flexibility index (Phi) is 6.40. The van der Waals surface area contributed by atoms with Crippen molar-refractivity contribution < 1.29 is 19.4 Å². The molecular formula is C23H29N3O4. The van der Waals surface area contributed by atoms with E-state index in [2.05, 4.69) is 28.6 Å². The maximum atomic E-state index is 9.09. The number of hydrogen-bond acceptors (Lipinski definition) is 7. The smallest absolute Gasteiger partial charge is 0.202 e. The van der Waals surface area contributed by atoms with Crippen LogP contribution in [0.4, 0.5) is 5.69 Å². The molecule has 2 aliphatic rings. The first kappa shape index (κ1) is 20.5. The highest BCUT2D eigenvalue weighted by molar-refractivity contribution is 5.99. The summed E-state index contributed by atoms with van der Waals surface area (Å²) in [6, 6.07) is 12.2. The first-order chi connectivity index (χ1) is 14.7. The predicted octanol–water partition coefficient (Wildman–Crippen LogP) is 3.21. The van der Waals surface area contributed by atoms with Gasteiger partial charge in [-0.25, -0.2) is 15.3 Å². The van der Waals surface area contributed by atoms with Crippen molar-refractivity contribution in [2.75, 3.05) is 37.8 Å². The van der Waals surface area contributed by atoms with Crippen LogP contribution < -0.4 is 19.9 Å². The van der Waals surface area contributed by atoms with Gasteiger partial charge in [-0.3, -0.25) is 0 Å². The number of aliphatic hydroxyl groups is 1. The summed E-state index contributed by atoms with van der Waals surface area (Å²) >= 11 is 0. The Morgan fingerprint density at radius 2 is 1.97 bits per heavy atom. The molecule has 0 radical (unpaired) electrons. The lowest BCUT2D eigenvalue weighted by Crippen LogP contribution is -2.22. The Morgan fingerprint density at radius 1 is 1.13 bits per heavy atom. The molecule has 7 nitrogen and oxygen atoms in total. The third-order valence-corrected chi connectivity index (χ3v) is 5.30. The highest BCUT2D eigenvalue weighted by Gasteiger charge is 2.25. The average Bonchev–Trinajstić information content (AvgIpc) is 3.41. The van der Waals surface area contributed by atoms with Gasteiger partial charge < -0.3 is 19.5 Å². The van der Waals surface area contributed by atoms with Crippen molar-refractivity contribution in [2.45, 2.75) is 32.9 Å². The molecule has 2 aromatic rings. The molecule has 30 heavy (non-hydrogen) atoms. The summed E-state index contributed by atoms with van der Waals surface area (Å²) in [5.74, 6) is 2.15. The molecule has 0 spiro atoms. The SMILES string of the molecule is CCOc1ccc(C2N=C(c3ccc4c(c3)CCN4CCCO)NO2)cc1OCC. The van der Waals surface area contributed by atoms with Crippen molar-refractivity contribution >= 4 is 11.5 Å². The van der Waals surface area contributed by atoms with Gasteiger partial charge in [-0.05, 0) is 62.6 Å². The predicted molar refractivity (Wildman–Crippen MR) is 116 cm³/mol. The Bertz CT molecular complexity index is 915. The zero-order chi connectivity index (χ0) is 20.9. The molecule has 1 unspecified atom stereocenters. The van der Waals surface area contributed by atoms with Crippen LogP contribution in [-0.2, 0) is 11.3 Å². The van der Waals surface area contributed by atoms with Gasteiger partial charge >= 0.3 is 0 Å². The number of benzene rings is 2. The second-order valence-corrected chi connectivity index (χ2v) is 7.28. The van der Waals surface area contributed by atoms with E-state index >= 15 is 0 Å². The van der Waals surface area contributed by atoms with Crippen LogP contribution in [0.25, 0.3) is 0 Å². The molecular weight excluding hydrogens is 382 g/mol. The molecule has 0 saturated carbocycles. The minimum absolute atomic E-state index is 0.222. The maximum Gasteiger partial charge on any atom is 0.202 e. The van der Waals surface area contributed by atoms with E-state index in [1.807, 2.05) is 32.0 Å². The van der Waals surface area contributed by atoms with Crippen molar-refractivity contribution in [1.82, 2.24) is 5.48 Å². The largest absolute Gasteiger partial charge is 0.490 e. The molecule has 4 rings (SSSR count). The van der Waals surface area contributed by atoms with Gasteiger partial charge in [-0.2, -0.15) is 0 Å². The van der Waals surface area contributed by atoms with E-state index in [0.717, 1.165) is 48.6 Å². The zero-order valence-electron chi connectivity index (χ0n) is 17.6. The summed E-state index contributed by atoms with van der Waals surface area (Å²) in [7, 11) is 0. The highest BCUT2D eigenvalue weighted by Crippen LogP contribution is 2.34. The third-order valence-electron chi connectivity index (χ3n) is 5.30. The molecule has 7 heteroatoms. The van der Waals surface area contributed by atoms with Crippen LogP contribution in [0.5, 0.6) is 11.5 Å². The molecule has 2 aliphatic heterocycles. The number of aliphatic imine (C=N–C) groups is 1. The molecule has 2 aromatic carbocycles. The lowest BCUT2D eigenvalue weighted by molar-refractivity contribution is 0.0375. The molecule has 0 amide bonds. The molecule has 0 bridgehead atoms. The molecule has 0 saturated heterocycles. The lowest BCUT2D eigenvalue weighted by atomic mass is 10.1. The van der Waals surface area contributed by atoms with Gasteiger partial charge in [-0.15, -0.1) is 0 Å². The quantitative estimate of drug-likeness (QED) is 0.660. The Balaban J connectivity index is 1.52. The molecule has 0 fully saturated rings. The topological polar surface area (TPSA) is 75.6 Å². The summed E-state index contributed by atoms with van der Waals surface area (Å²) in [4.78, 5) is 12.8. The normalized spacial score (nSPS) is 17.5. The summed E-state index contributed by atoms with van der Waals surface area (Å²) in [6.45, 7) is 7.14. The van der Waals surface area contributed by atoms with E-state index in [0.29, 0.717) is 19.0 Å². The van der Waals surface area contributed by atoms with Crippen molar-refractivity contribution in [2.24, 2.45) is 4.99 Å². The van der Waals surface area contributed by atoms with E-state index in [4.69, 9.17) is 24.4 Å². The van der Waals surface area contributed by atoms with Crippen LogP contribution in [0.1, 0.15) is 43.2 Å². The molecule has 1 atom stereocenters. The van der Waals surface area contributed by atoms with Crippen LogP contribution >= 0.6 is 0 Å². The Labute approximate surface area is 177 Å². The summed E-state index contributed by atoms with van der Waals surface area (Å²) in [5.41, 5.74) is 7.44. The second-order valence-electron chi connectivity index (χ2n) is 7.28. The fourth-order valence-electron chi connectivity index (χ4n) is 3.89. The summed E-state index contributed by atoms with van der Waals surface area (Å²) in [6.07, 6.45) is 1.35. The lowest BCUT2D eigenvalue weighted by Gasteiger charge is -2.18. The minimum Gasteiger partial charge on any atom is -0.490 e. The standard InChI is InChI=1S/C23H29N3O4/c1-3-28-20-9-7-18(15-21(20)29-4-2)23-24-22(25-30-23)17-6-8-19-16(14-17)10-12-26(19)11-5-13-27/h6-9,14-15,23,27H,3-5,10-13H2,1-2H3,(H,24,25). The number of anilines is 1. The van der Waals surface area contributed by atoms with Gasteiger partial charge in [-0.1, -0.05) is 6.07 Å². The average molecular weight is 412 g/mol. The number of nitrogens with zero attached hydrogens (tertiary/aromatic N) is 2. The van der Waals surface area contributed by atoms with Crippen molar-refractivity contribution in [3.05, 3.63) is 53.1 Å². The first-order valence-corrected chi connectivity index (χ1v) is 10.6. The second kappa shape index (κ2) is 9.36. The number of amidine groups is 1. The van der Waals surface area contributed by atoms with Crippen LogP contribution in [0.15, 0.2) is 41.4 Å². The molecule has 2 heterocycles. The van der Waals surface area contributed by atoms with Crippen LogP contribution in [0, 0.1) is 0 Å². The summed E-state index contributed by atoms with van der Waals surface area (Å²) < 4.78 is 11.4. The first-order valence-electron chi connectivity index (χ1n) is 10.6. The monoisotopic (exact) mass is 411 g/mol. The van der Waals surface area contributed by atoms with E-state index in [1.165, 1.54) is 11.3 Å². The fourth-order valence-corrected chi connectivity index (χ4v) is 3.89. The number of hydrogen-bond donors (Lipinski definition) is 2. The van der Waals surface area contributed by atoms with E-state index in [1.54, 1.807) is 0 Å². The zero-order valence-corrected chi connectivity index (χ0v) is 17.6. The van der Waals surface area contributed by atoms with Gasteiger partial charge in [0.1, 0.15) is 0 Å². The van der Waals surface area contributed by atoms with Crippen molar-refractivity contribution in [3.8, 4) is 11.5 Å². The van der Waals surface area contributed by atoms with E-state index in [9.17, 15) is 0 Å². The molecule has 0 aliphatic carbocycles. The molecule has 160 valence electrons. The van der Waals surface area contributed by atoms with E-state index in [-0.39, 0.29) is 6.61 Å². The minimum atomic E-state index is -0.441. The molecule has 2 N–H and O–H groups in total. The number of aliphatic hydroxyl groups excluding tert-OH is 1. The third kappa shape index (κ3) is 4.22. The van der Waals surface area contributed by atoms with Crippen LogP contribution in [0.3, 0.4) is 0 Å². The van der Waals surface area contributed by atoms with Gasteiger partial charge in [0.05, 0.1) is 13.2 Å². The number of hydroxylamine groups is 1. The Morgan fingerprint density at radius 3 is 2.77 bits per heavy atom. The highest BCUT2D eigenvalue weighted by atomic mass is 16.7. The maximum absolute atomic E-state index is 9.09. The van der Waals surface area contributed by atoms with Gasteiger partial charge in [0, 0.05) is 36.5 Å². The molecule has 0 aromatic heterocycles. The van der Waals surface area contributed by atoms with E-state index < -0.39 is 6.23 Å². The number of fused-ring (bicyclic) bond motifs is 1. The van der Waals surface area contributed by atoms with Crippen molar-refractivity contribution in [3.63, 3.8) is 0 Å². The number of rotatable bonds is 9. The van der Waals surface area contributed by atoms with Gasteiger partial charge in [0.2, 0.25) is 6.23 Å². The van der Waals surface area contributed by atoms with Crippen LogP contribution in [-0.4, -0.2) is 43.9 Å². The number of nitrogens with one attached hydrogen (secondary N) is 1. The summed E-state index contributed by atoms with van der Waals surface area (Å²) in [5, 5.41) is 9.09. The Hall–Kier alpha value is -2.77.